The fourth-order valence-corrected chi connectivity index (χ4v) is 6.30. The summed E-state index contributed by atoms with van der Waals surface area (Å²) < 4.78 is 0. The zero-order chi connectivity index (χ0) is 29.6. The minimum atomic E-state index is -0.393. The Morgan fingerprint density at radius 3 is 1.93 bits per heavy atom. The van der Waals surface area contributed by atoms with E-state index in [9.17, 15) is 9.59 Å². The molecule has 0 aliphatic carbocycles. The van der Waals surface area contributed by atoms with Crippen LogP contribution in [0.3, 0.4) is 0 Å². The Kier molecular flexibility index (Phi) is 12.5. The molecule has 0 spiro atoms. The highest BCUT2D eigenvalue weighted by Crippen LogP contribution is 2.34. The quantitative estimate of drug-likeness (QED) is 0.193. The van der Waals surface area contributed by atoms with Gasteiger partial charge in [0, 0.05) is 18.7 Å². The molecule has 3 N–H and O–H groups in total. The molecular formula is C36H48N4O2. The van der Waals surface area contributed by atoms with E-state index < -0.39 is 6.03 Å². The number of benzene rings is 3. The Morgan fingerprint density at radius 2 is 1.38 bits per heavy atom. The van der Waals surface area contributed by atoms with Crippen molar-refractivity contribution in [3.05, 3.63) is 108 Å². The first-order chi connectivity index (χ1) is 20.6. The zero-order valence-electron chi connectivity index (χ0n) is 25.2. The Balaban J connectivity index is 1.43. The van der Waals surface area contributed by atoms with Crippen molar-refractivity contribution in [2.24, 2.45) is 11.7 Å². The Morgan fingerprint density at radius 1 is 0.833 bits per heavy atom. The van der Waals surface area contributed by atoms with Gasteiger partial charge in [-0.15, -0.1) is 0 Å². The first-order valence-electron chi connectivity index (χ1n) is 15.8. The third-order valence-corrected chi connectivity index (χ3v) is 8.61. The van der Waals surface area contributed by atoms with E-state index in [1.807, 2.05) is 35.2 Å². The number of piperidine rings is 1. The van der Waals surface area contributed by atoms with Gasteiger partial charge < -0.3 is 16.0 Å². The number of urea groups is 1. The van der Waals surface area contributed by atoms with Crippen molar-refractivity contribution < 1.29 is 9.59 Å². The monoisotopic (exact) mass is 568 g/mol. The highest BCUT2D eigenvalue weighted by atomic mass is 16.2. The van der Waals surface area contributed by atoms with Crippen LogP contribution in [0.2, 0.25) is 0 Å². The third-order valence-electron chi connectivity index (χ3n) is 8.61. The average molecular weight is 569 g/mol. The number of carbonyl (C=O) groups is 2. The van der Waals surface area contributed by atoms with Gasteiger partial charge in [0.05, 0.1) is 12.1 Å². The summed E-state index contributed by atoms with van der Waals surface area (Å²) in [5.74, 6) is 0.338. The highest BCUT2D eigenvalue weighted by molar-refractivity contribution is 5.94. The fraction of sp³-hybridized carbons (Fsp3) is 0.444. The molecule has 1 saturated heterocycles. The maximum Gasteiger partial charge on any atom is 0.315 e. The van der Waals surface area contributed by atoms with E-state index in [2.05, 4.69) is 77.8 Å². The van der Waals surface area contributed by atoms with Crippen molar-refractivity contribution in [2.75, 3.05) is 26.2 Å². The van der Waals surface area contributed by atoms with E-state index in [0.717, 1.165) is 45.2 Å². The van der Waals surface area contributed by atoms with Crippen molar-refractivity contribution >= 4 is 11.9 Å². The molecule has 6 nitrogen and oxygen atoms in total. The standard InChI is InChI=1S/C36H48N4O2/c1-2-3-4-5-15-24-40(36(37)42)33(28-38-35(41)32-20-13-8-14-21-32)27-29-22-25-39(26-23-29)34(30-16-9-6-10-17-30)31-18-11-7-12-19-31/h6-14,16-21,29,33-34H,2-5,15,22-28H2,1H3,(H2,37,42)(H,38,41). The number of likely N-dealkylation sites (tertiary alicyclic amines) is 1. The van der Waals surface area contributed by atoms with Crippen molar-refractivity contribution in [2.45, 2.75) is 70.4 Å². The minimum Gasteiger partial charge on any atom is -0.351 e. The maximum atomic E-state index is 12.9. The third kappa shape index (κ3) is 9.18. The van der Waals surface area contributed by atoms with Gasteiger partial charge in [-0.1, -0.05) is 111 Å². The predicted molar refractivity (Wildman–Crippen MR) is 171 cm³/mol. The Hall–Kier alpha value is -3.64. The van der Waals surface area contributed by atoms with Crippen molar-refractivity contribution in [3.8, 4) is 0 Å². The Bertz CT molecular complexity index is 1160. The molecule has 3 amide bonds. The molecule has 6 heteroatoms. The number of hydrogen-bond donors (Lipinski definition) is 2. The van der Waals surface area contributed by atoms with Crippen LogP contribution in [-0.2, 0) is 0 Å². The number of amides is 3. The number of nitrogens with two attached hydrogens (primary N) is 1. The Labute approximate surface area is 252 Å². The molecule has 4 rings (SSSR count). The number of unbranched alkanes of at least 4 members (excludes halogenated alkanes) is 4. The van der Waals surface area contributed by atoms with Gasteiger partial charge in [0.1, 0.15) is 0 Å². The van der Waals surface area contributed by atoms with Crippen LogP contribution in [0, 0.1) is 5.92 Å². The van der Waals surface area contributed by atoms with Crippen molar-refractivity contribution in [1.29, 1.82) is 0 Å². The second-order valence-electron chi connectivity index (χ2n) is 11.6. The second kappa shape index (κ2) is 16.7. The summed E-state index contributed by atoms with van der Waals surface area (Å²) in [5.41, 5.74) is 9.21. The van der Waals surface area contributed by atoms with Crippen LogP contribution in [0.1, 0.15) is 85.8 Å². The lowest BCUT2D eigenvalue weighted by atomic mass is 9.87. The number of nitrogens with zero attached hydrogens (tertiary/aromatic N) is 2. The normalized spacial score (nSPS) is 14.9. The molecule has 3 aromatic rings. The number of rotatable bonds is 15. The zero-order valence-corrected chi connectivity index (χ0v) is 25.2. The topological polar surface area (TPSA) is 78.7 Å². The van der Waals surface area contributed by atoms with Crippen LogP contribution >= 0.6 is 0 Å². The van der Waals surface area contributed by atoms with Gasteiger partial charge in [-0.3, -0.25) is 9.69 Å². The van der Waals surface area contributed by atoms with Gasteiger partial charge in [-0.25, -0.2) is 4.79 Å². The summed E-state index contributed by atoms with van der Waals surface area (Å²) >= 11 is 0. The van der Waals surface area contributed by atoms with Crippen LogP contribution in [0.25, 0.3) is 0 Å². The second-order valence-corrected chi connectivity index (χ2v) is 11.6. The maximum absolute atomic E-state index is 12.9. The summed E-state index contributed by atoms with van der Waals surface area (Å²) in [4.78, 5) is 30.0. The fourth-order valence-electron chi connectivity index (χ4n) is 6.30. The lowest BCUT2D eigenvalue weighted by Gasteiger charge is -2.40. The summed E-state index contributed by atoms with van der Waals surface area (Å²) in [7, 11) is 0. The van der Waals surface area contributed by atoms with Gasteiger partial charge in [-0.05, 0) is 68.0 Å². The van der Waals surface area contributed by atoms with Gasteiger partial charge >= 0.3 is 6.03 Å². The van der Waals surface area contributed by atoms with E-state index in [-0.39, 0.29) is 18.0 Å². The number of nitrogens with one attached hydrogen (secondary N) is 1. The van der Waals surface area contributed by atoms with E-state index in [1.54, 1.807) is 0 Å². The van der Waals surface area contributed by atoms with Crippen LogP contribution in [-0.4, -0.2) is 54.0 Å². The van der Waals surface area contributed by atoms with E-state index in [0.29, 0.717) is 24.6 Å². The predicted octanol–water partition coefficient (Wildman–Crippen LogP) is 7.03. The molecule has 1 aliphatic heterocycles. The van der Waals surface area contributed by atoms with Gasteiger partial charge in [0.25, 0.3) is 5.91 Å². The molecule has 0 bridgehead atoms. The van der Waals surface area contributed by atoms with Crippen LogP contribution in [0.15, 0.2) is 91.0 Å². The van der Waals surface area contributed by atoms with Gasteiger partial charge in [0.15, 0.2) is 0 Å². The molecule has 1 fully saturated rings. The van der Waals surface area contributed by atoms with Gasteiger partial charge in [0.2, 0.25) is 0 Å². The summed E-state index contributed by atoms with van der Waals surface area (Å²) in [6.45, 7) is 5.20. The van der Waals surface area contributed by atoms with E-state index in [1.165, 1.54) is 30.4 Å². The molecule has 1 aliphatic rings. The lowest BCUT2D eigenvalue weighted by molar-refractivity contribution is 0.0916. The summed E-state index contributed by atoms with van der Waals surface area (Å²) in [6, 6.07) is 30.5. The molecule has 1 atom stereocenters. The van der Waals surface area contributed by atoms with E-state index >= 15 is 0 Å². The highest BCUT2D eigenvalue weighted by Gasteiger charge is 2.31. The van der Waals surface area contributed by atoms with Crippen molar-refractivity contribution in [3.63, 3.8) is 0 Å². The van der Waals surface area contributed by atoms with Crippen LogP contribution in [0.5, 0.6) is 0 Å². The average Bonchev–Trinajstić information content (AvgIpc) is 3.03. The first-order valence-corrected chi connectivity index (χ1v) is 15.8. The summed E-state index contributed by atoms with van der Waals surface area (Å²) in [6.07, 6.45) is 8.49. The molecule has 1 unspecified atom stereocenters. The molecule has 3 aromatic carbocycles. The van der Waals surface area contributed by atoms with Crippen LogP contribution < -0.4 is 11.1 Å². The molecule has 0 aromatic heterocycles. The van der Waals surface area contributed by atoms with Crippen LogP contribution in [0.4, 0.5) is 4.79 Å². The number of carbonyl (C=O) groups excluding carboxylic acids is 2. The SMILES string of the molecule is CCCCCCCN(C(N)=O)C(CNC(=O)c1ccccc1)CC1CCN(C(c2ccccc2)c2ccccc2)CC1. The molecule has 0 saturated carbocycles. The van der Waals surface area contributed by atoms with Gasteiger partial charge in [-0.2, -0.15) is 0 Å². The molecule has 0 radical (unpaired) electrons. The smallest absolute Gasteiger partial charge is 0.315 e. The lowest BCUT2D eigenvalue weighted by Crippen LogP contribution is -2.51. The van der Waals surface area contributed by atoms with E-state index in [4.69, 9.17) is 5.73 Å². The number of primary amides is 1. The minimum absolute atomic E-state index is 0.114. The summed E-state index contributed by atoms with van der Waals surface area (Å²) in [5, 5.41) is 3.11. The number of hydrogen-bond acceptors (Lipinski definition) is 3. The molecular weight excluding hydrogens is 520 g/mol. The molecule has 1 heterocycles. The molecule has 224 valence electrons. The molecule has 42 heavy (non-hydrogen) atoms. The van der Waals surface area contributed by atoms with Crippen molar-refractivity contribution in [1.82, 2.24) is 15.1 Å². The largest absolute Gasteiger partial charge is 0.351 e. The first kappa shape index (κ1) is 31.3.